The van der Waals surface area contributed by atoms with Crippen molar-refractivity contribution < 1.29 is 19.0 Å². The van der Waals surface area contributed by atoms with Gasteiger partial charge in [0.25, 0.3) is 0 Å². The molecule has 0 aliphatic carbocycles. The summed E-state index contributed by atoms with van der Waals surface area (Å²) in [4.78, 5) is 11.7. The highest BCUT2D eigenvalue weighted by molar-refractivity contribution is 6.31. The van der Waals surface area contributed by atoms with Crippen LogP contribution in [0.3, 0.4) is 0 Å². The van der Waals surface area contributed by atoms with Crippen molar-refractivity contribution in [2.45, 2.75) is 20.3 Å². The molecule has 21 heavy (non-hydrogen) atoms. The zero-order valence-electron chi connectivity index (χ0n) is 12.5. The van der Waals surface area contributed by atoms with E-state index in [-0.39, 0.29) is 12.4 Å². The van der Waals surface area contributed by atoms with Crippen LogP contribution in [-0.4, -0.2) is 20.2 Å². The first-order valence-electron chi connectivity index (χ1n) is 6.57. The SMILES string of the molecule is CCC(=O)Oc1c(OC)c(C)c(OC)c2cc(Cl)ccc12. The molecular formula is C16H17ClO4. The van der Waals surface area contributed by atoms with Gasteiger partial charge in [0.05, 0.1) is 14.2 Å². The van der Waals surface area contributed by atoms with Crippen LogP contribution >= 0.6 is 11.6 Å². The Bertz CT molecular complexity index is 694. The second-order valence-electron chi connectivity index (χ2n) is 4.54. The monoisotopic (exact) mass is 308 g/mol. The number of halogens is 1. The second kappa shape index (κ2) is 6.22. The maximum atomic E-state index is 11.7. The molecule has 0 radical (unpaired) electrons. The minimum Gasteiger partial charge on any atom is -0.496 e. The molecule has 2 rings (SSSR count). The van der Waals surface area contributed by atoms with Crippen LogP contribution in [0.2, 0.25) is 5.02 Å². The van der Waals surface area contributed by atoms with Gasteiger partial charge in [0.15, 0.2) is 11.5 Å². The van der Waals surface area contributed by atoms with Gasteiger partial charge >= 0.3 is 5.97 Å². The third-order valence-electron chi connectivity index (χ3n) is 3.27. The number of rotatable bonds is 4. The molecule has 0 fully saturated rings. The van der Waals surface area contributed by atoms with Crippen molar-refractivity contribution in [3.63, 3.8) is 0 Å². The van der Waals surface area contributed by atoms with Crippen LogP contribution in [0.15, 0.2) is 18.2 Å². The first kappa shape index (κ1) is 15.4. The fraction of sp³-hybridized carbons (Fsp3) is 0.312. The highest BCUT2D eigenvalue weighted by atomic mass is 35.5. The van der Waals surface area contributed by atoms with Crippen LogP contribution in [0.4, 0.5) is 0 Å². The van der Waals surface area contributed by atoms with E-state index in [4.69, 9.17) is 25.8 Å². The third-order valence-corrected chi connectivity index (χ3v) is 3.51. The maximum Gasteiger partial charge on any atom is 0.311 e. The summed E-state index contributed by atoms with van der Waals surface area (Å²) in [6, 6.07) is 5.31. The van der Waals surface area contributed by atoms with Gasteiger partial charge in [0, 0.05) is 27.8 Å². The van der Waals surface area contributed by atoms with Gasteiger partial charge in [-0.25, -0.2) is 0 Å². The van der Waals surface area contributed by atoms with E-state index < -0.39 is 0 Å². The van der Waals surface area contributed by atoms with Gasteiger partial charge in [0.1, 0.15) is 5.75 Å². The van der Waals surface area contributed by atoms with Gasteiger partial charge in [0.2, 0.25) is 0 Å². The smallest absolute Gasteiger partial charge is 0.311 e. The van der Waals surface area contributed by atoms with Crippen molar-refractivity contribution >= 4 is 28.3 Å². The van der Waals surface area contributed by atoms with Gasteiger partial charge in [-0.05, 0) is 25.1 Å². The van der Waals surface area contributed by atoms with Crippen LogP contribution in [-0.2, 0) is 4.79 Å². The molecule has 0 aliphatic rings. The molecule has 0 atom stereocenters. The quantitative estimate of drug-likeness (QED) is 0.629. The summed E-state index contributed by atoms with van der Waals surface area (Å²) in [6.07, 6.45) is 0.281. The van der Waals surface area contributed by atoms with Crippen molar-refractivity contribution in [3.8, 4) is 17.2 Å². The average Bonchev–Trinajstić information content (AvgIpc) is 2.47. The van der Waals surface area contributed by atoms with E-state index in [0.717, 1.165) is 16.3 Å². The molecular weight excluding hydrogens is 292 g/mol. The van der Waals surface area contributed by atoms with E-state index >= 15 is 0 Å². The van der Waals surface area contributed by atoms with E-state index in [2.05, 4.69) is 0 Å². The second-order valence-corrected chi connectivity index (χ2v) is 4.97. The molecule has 0 aliphatic heterocycles. The molecule has 4 nitrogen and oxygen atoms in total. The standard InChI is InChI=1S/C16H17ClO4/c1-5-13(18)21-16-11-7-6-10(17)8-12(11)14(19-3)9(2)15(16)20-4/h6-8H,5H2,1-4H3. The molecule has 2 aromatic carbocycles. The van der Waals surface area contributed by atoms with E-state index in [1.54, 1.807) is 32.2 Å². The van der Waals surface area contributed by atoms with Crippen LogP contribution < -0.4 is 14.2 Å². The van der Waals surface area contributed by atoms with Gasteiger partial charge in [-0.15, -0.1) is 0 Å². The van der Waals surface area contributed by atoms with Gasteiger partial charge in [-0.1, -0.05) is 18.5 Å². The van der Waals surface area contributed by atoms with E-state index in [1.165, 1.54) is 7.11 Å². The lowest BCUT2D eigenvalue weighted by Crippen LogP contribution is -2.08. The minimum absolute atomic E-state index is 0.281. The number of fused-ring (bicyclic) bond motifs is 1. The highest BCUT2D eigenvalue weighted by Gasteiger charge is 2.21. The first-order valence-corrected chi connectivity index (χ1v) is 6.95. The minimum atomic E-state index is -0.325. The topological polar surface area (TPSA) is 44.8 Å². The fourth-order valence-electron chi connectivity index (χ4n) is 2.30. The zero-order valence-corrected chi connectivity index (χ0v) is 13.2. The number of methoxy groups -OCH3 is 2. The van der Waals surface area contributed by atoms with E-state index in [9.17, 15) is 4.79 Å². The number of esters is 1. The molecule has 0 N–H and O–H groups in total. The summed E-state index contributed by atoms with van der Waals surface area (Å²) in [6.45, 7) is 3.59. The molecule has 0 aromatic heterocycles. The van der Waals surface area contributed by atoms with Gasteiger partial charge in [-0.3, -0.25) is 4.79 Å². The van der Waals surface area contributed by atoms with Crippen molar-refractivity contribution in [2.75, 3.05) is 14.2 Å². The summed E-state index contributed by atoms with van der Waals surface area (Å²) in [5, 5.41) is 2.08. The number of ether oxygens (including phenoxy) is 3. The normalized spacial score (nSPS) is 10.5. The van der Waals surface area contributed by atoms with E-state index in [0.29, 0.717) is 22.3 Å². The van der Waals surface area contributed by atoms with Crippen LogP contribution in [0.1, 0.15) is 18.9 Å². The molecule has 0 heterocycles. The molecule has 2 aromatic rings. The van der Waals surface area contributed by atoms with Crippen LogP contribution in [0.5, 0.6) is 17.2 Å². The summed E-state index contributed by atoms with van der Waals surface area (Å²) in [5.41, 5.74) is 0.758. The Hall–Kier alpha value is -1.94. The maximum absolute atomic E-state index is 11.7. The van der Waals surface area contributed by atoms with Crippen molar-refractivity contribution in [2.24, 2.45) is 0 Å². The Labute approximate surface area is 128 Å². The Morgan fingerprint density at radius 3 is 2.33 bits per heavy atom. The number of hydrogen-bond donors (Lipinski definition) is 0. The van der Waals surface area contributed by atoms with Gasteiger partial charge < -0.3 is 14.2 Å². The highest BCUT2D eigenvalue weighted by Crippen LogP contribution is 2.46. The third kappa shape index (κ3) is 2.76. The van der Waals surface area contributed by atoms with Crippen molar-refractivity contribution in [1.29, 1.82) is 0 Å². The van der Waals surface area contributed by atoms with Gasteiger partial charge in [-0.2, -0.15) is 0 Å². The number of hydrogen-bond acceptors (Lipinski definition) is 4. The lowest BCUT2D eigenvalue weighted by atomic mass is 10.0. The molecule has 0 unspecified atom stereocenters. The first-order chi connectivity index (χ1) is 10.0. The molecule has 0 saturated carbocycles. The number of carbonyl (C=O) groups is 1. The van der Waals surface area contributed by atoms with Crippen molar-refractivity contribution in [3.05, 3.63) is 28.8 Å². The summed E-state index contributed by atoms with van der Waals surface area (Å²) >= 11 is 6.06. The molecule has 112 valence electrons. The lowest BCUT2D eigenvalue weighted by molar-refractivity contribution is -0.134. The lowest BCUT2D eigenvalue weighted by Gasteiger charge is -2.18. The largest absolute Gasteiger partial charge is 0.496 e. The molecule has 5 heteroatoms. The number of benzene rings is 2. The van der Waals surface area contributed by atoms with Crippen LogP contribution in [0.25, 0.3) is 10.8 Å². The molecule has 0 bridgehead atoms. The molecule has 0 saturated heterocycles. The summed E-state index contributed by atoms with van der Waals surface area (Å²) in [5.74, 6) is 1.22. The van der Waals surface area contributed by atoms with Crippen molar-refractivity contribution in [1.82, 2.24) is 0 Å². The van der Waals surface area contributed by atoms with E-state index in [1.807, 2.05) is 6.92 Å². The predicted octanol–water partition coefficient (Wildman–Crippen LogP) is 4.13. The average molecular weight is 309 g/mol. The number of carbonyl (C=O) groups excluding carboxylic acids is 1. The predicted molar refractivity (Wildman–Crippen MR) is 82.7 cm³/mol. The Kier molecular flexibility index (Phi) is 4.58. The zero-order chi connectivity index (χ0) is 15.6. The Morgan fingerprint density at radius 1 is 1.10 bits per heavy atom. The summed E-state index contributed by atoms with van der Waals surface area (Å²) in [7, 11) is 3.12. The van der Waals surface area contributed by atoms with Crippen LogP contribution in [0, 0.1) is 6.92 Å². The Morgan fingerprint density at radius 2 is 1.76 bits per heavy atom. The molecule has 0 spiro atoms. The fourth-order valence-corrected chi connectivity index (χ4v) is 2.47. The molecule has 0 amide bonds. The summed E-state index contributed by atoms with van der Waals surface area (Å²) < 4.78 is 16.3. The Balaban J connectivity index is 2.84.